The van der Waals surface area contributed by atoms with Crippen molar-refractivity contribution < 1.29 is 22.7 Å². The van der Waals surface area contributed by atoms with Crippen LogP contribution in [0.4, 0.5) is 13.2 Å². The van der Waals surface area contributed by atoms with Crippen LogP contribution in [-0.2, 0) is 16.1 Å². The number of hydrogen-bond acceptors (Lipinski definition) is 2. The van der Waals surface area contributed by atoms with Crippen molar-refractivity contribution in [1.82, 2.24) is 0 Å². The number of carbonyl (C=O) groups excluding carboxylic acids is 1. The van der Waals surface area contributed by atoms with Gasteiger partial charge in [0.25, 0.3) is 0 Å². The van der Waals surface area contributed by atoms with Crippen LogP contribution in [-0.4, -0.2) is 12.1 Å². The third-order valence-electron chi connectivity index (χ3n) is 2.54. The van der Waals surface area contributed by atoms with Crippen molar-refractivity contribution in [3.63, 3.8) is 0 Å². The fourth-order valence-corrected chi connectivity index (χ4v) is 1.40. The molecule has 0 atom stereocenters. The zero-order chi connectivity index (χ0) is 13.2. The largest absolute Gasteiger partial charge is 0.490 e. The molecule has 0 aliphatic rings. The maximum absolute atomic E-state index is 11.9. The molecule has 94 valence electrons. The van der Waals surface area contributed by atoms with Crippen molar-refractivity contribution >= 4 is 5.97 Å². The Morgan fingerprint density at radius 1 is 1.12 bits per heavy atom. The number of halogens is 3. The molecule has 0 heterocycles. The van der Waals surface area contributed by atoms with Crippen molar-refractivity contribution in [2.45, 2.75) is 33.6 Å². The van der Waals surface area contributed by atoms with E-state index in [1.165, 1.54) is 0 Å². The number of ether oxygens (including phenoxy) is 1. The Hall–Kier alpha value is -1.52. The number of hydrogen-bond donors (Lipinski definition) is 0. The summed E-state index contributed by atoms with van der Waals surface area (Å²) >= 11 is 0. The summed E-state index contributed by atoms with van der Waals surface area (Å²) in [4.78, 5) is 10.6. The van der Waals surface area contributed by atoms with Crippen LogP contribution in [0, 0.1) is 20.8 Å². The van der Waals surface area contributed by atoms with Crippen molar-refractivity contribution in [2.24, 2.45) is 0 Å². The summed E-state index contributed by atoms with van der Waals surface area (Å²) in [6, 6.07) is 3.58. The summed E-state index contributed by atoms with van der Waals surface area (Å²) < 4.78 is 40.0. The van der Waals surface area contributed by atoms with Crippen molar-refractivity contribution in [3.8, 4) is 0 Å². The van der Waals surface area contributed by atoms with Gasteiger partial charge in [-0.3, -0.25) is 0 Å². The second-order valence-electron chi connectivity index (χ2n) is 3.94. The Labute approximate surface area is 97.4 Å². The Morgan fingerprint density at radius 2 is 1.65 bits per heavy atom. The monoisotopic (exact) mass is 246 g/mol. The molecule has 1 aromatic carbocycles. The highest BCUT2D eigenvalue weighted by atomic mass is 19.4. The van der Waals surface area contributed by atoms with Gasteiger partial charge in [-0.25, -0.2) is 4.79 Å². The lowest BCUT2D eigenvalue weighted by Gasteiger charge is -2.11. The first-order valence-electron chi connectivity index (χ1n) is 5.02. The van der Waals surface area contributed by atoms with Gasteiger partial charge in [0.1, 0.15) is 6.61 Å². The maximum atomic E-state index is 11.9. The number of esters is 1. The lowest BCUT2D eigenvalue weighted by Crippen LogP contribution is -2.25. The van der Waals surface area contributed by atoms with Crippen molar-refractivity contribution in [1.29, 1.82) is 0 Å². The summed E-state index contributed by atoms with van der Waals surface area (Å²) in [5.74, 6) is -2.16. The Balaban J connectivity index is 2.77. The third kappa shape index (κ3) is 3.47. The molecule has 0 saturated carbocycles. The molecule has 0 unspecified atom stereocenters. The predicted octanol–water partition coefficient (Wildman–Crippen LogP) is 3.22. The molecule has 0 fully saturated rings. The van der Waals surface area contributed by atoms with Crippen LogP contribution in [0.3, 0.4) is 0 Å². The first-order chi connectivity index (χ1) is 7.71. The average Bonchev–Trinajstić information content (AvgIpc) is 2.19. The molecule has 0 saturated heterocycles. The zero-order valence-electron chi connectivity index (χ0n) is 9.81. The van der Waals surface area contributed by atoms with Crippen molar-refractivity contribution in [2.75, 3.05) is 0 Å². The fraction of sp³-hybridized carbons (Fsp3) is 0.417. The highest BCUT2D eigenvalue weighted by Gasteiger charge is 2.40. The van der Waals surface area contributed by atoms with Gasteiger partial charge in [0.2, 0.25) is 0 Å². The minimum absolute atomic E-state index is 0.356. The summed E-state index contributed by atoms with van der Waals surface area (Å²) in [5, 5.41) is 0. The van der Waals surface area contributed by atoms with Gasteiger partial charge in [0.05, 0.1) is 0 Å². The lowest BCUT2D eigenvalue weighted by atomic mass is 10.0. The molecule has 0 aliphatic heterocycles. The number of benzene rings is 1. The van der Waals surface area contributed by atoms with Gasteiger partial charge in [0, 0.05) is 0 Å². The molecule has 0 amide bonds. The first-order valence-corrected chi connectivity index (χ1v) is 5.02. The predicted molar refractivity (Wildman–Crippen MR) is 56.5 cm³/mol. The van der Waals surface area contributed by atoms with Crippen molar-refractivity contribution in [3.05, 3.63) is 34.4 Å². The van der Waals surface area contributed by atoms with Crippen LogP contribution in [0.2, 0.25) is 0 Å². The number of carbonyl (C=O) groups is 1. The van der Waals surface area contributed by atoms with E-state index in [1.807, 2.05) is 19.9 Å². The Kier molecular flexibility index (Phi) is 3.80. The summed E-state index contributed by atoms with van der Waals surface area (Å²) in [5.41, 5.74) is 3.40. The number of alkyl halides is 3. The Bertz CT molecular complexity index is 436. The minimum atomic E-state index is -4.94. The van der Waals surface area contributed by atoms with Gasteiger partial charge in [-0.05, 0) is 43.0 Å². The molecule has 5 heteroatoms. The molecule has 0 spiro atoms. The van der Waals surface area contributed by atoms with Gasteiger partial charge >= 0.3 is 12.1 Å². The van der Waals surface area contributed by atoms with Crippen LogP contribution in [0.15, 0.2) is 12.1 Å². The van der Waals surface area contributed by atoms with E-state index >= 15 is 0 Å². The summed E-state index contributed by atoms with van der Waals surface area (Å²) in [6.07, 6.45) is -4.94. The van der Waals surface area contributed by atoms with E-state index in [-0.39, 0.29) is 6.61 Å². The van der Waals surface area contributed by atoms with E-state index < -0.39 is 12.1 Å². The molecule has 0 radical (unpaired) electrons. The molecule has 0 bridgehead atoms. The van der Waals surface area contributed by atoms with Gasteiger partial charge in [0.15, 0.2) is 0 Å². The fourth-order valence-electron chi connectivity index (χ4n) is 1.40. The molecule has 0 aromatic heterocycles. The normalized spacial score (nSPS) is 11.4. The van der Waals surface area contributed by atoms with E-state index in [9.17, 15) is 18.0 Å². The second kappa shape index (κ2) is 4.77. The zero-order valence-corrected chi connectivity index (χ0v) is 9.81. The topological polar surface area (TPSA) is 26.3 Å². The van der Waals surface area contributed by atoms with Crippen LogP contribution >= 0.6 is 0 Å². The standard InChI is InChI=1S/C12H13F3O2/c1-7-4-9(3)10(5-8(7)2)6-17-11(16)12(13,14)15/h4-5H,6H2,1-3H3. The van der Waals surface area contributed by atoms with E-state index in [1.54, 1.807) is 13.0 Å². The van der Waals surface area contributed by atoms with E-state index in [0.29, 0.717) is 5.56 Å². The molecular weight excluding hydrogens is 233 g/mol. The number of rotatable bonds is 2. The molecule has 1 aromatic rings. The lowest BCUT2D eigenvalue weighted by molar-refractivity contribution is -0.201. The van der Waals surface area contributed by atoms with E-state index in [2.05, 4.69) is 4.74 Å². The average molecular weight is 246 g/mol. The molecule has 0 aliphatic carbocycles. The van der Waals surface area contributed by atoms with E-state index in [0.717, 1.165) is 16.7 Å². The van der Waals surface area contributed by atoms with Gasteiger partial charge in [-0.15, -0.1) is 0 Å². The van der Waals surface area contributed by atoms with Crippen LogP contribution < -0.4 is 0 Å². The van der Waals surface area contributed by atoms with Gasteiger partial charge in [-0.2, -0.15) is 13.2 Å². The highest BCUT2D eigenvalue weighted by molar-refractivity contribution is 5.75. The molecule has 2 nitrogen and oxygen atoms in total. The molecule has 1 rings (SSSR count). The highest BCUT2D eigenvalue weighted by Crippen LogP contribution is 2.20. The first kappa shape index (κ1) is 13.5. The Morgan fingerprint density at radius 3 is 2.18 bits per heavy atom. The third-order valence-corrected chi connectivity index (χ3v) is 2.54. The second-order valence-corrected chi connectivity index (χ2v) is 3.94. The summed E-state index contributed by atoms with van der Waals surface area (Å²) in [7, 11) is 0. The van der Waals surface area contributed by atoms with Crippen LogP contribution in [0.5, 0.6) is 0 Å². The molecule has 0 N–H and O–H groups in total. The quantitative estimate of drug-likeness (QED) is 0.749. The minimum Gasteiger partial charge on any atom is -0.454 e. The van der Waals surface area contributed by atoms with Gasteiger partial charge in [-0.1, -0.05) is 12.1 Å². The summed E-state index contributed by atoms with van der Waals surface area (Å²) in [6.45, 7) is 5.17. The van der Waals surface area contributed by atoms with Crippen LogP contribution in [0.1, 0.15) is 22.3 Å². The molecule has 17 heavy (non-hydrogen) atoms. The van der Waals surface area contributed by atoms with Gasteiger partial charge < -0.3 is 4.74 Å². The number of aryl methyl sites for hydroxylation is 3. The van der Waals surface area contributed by atoms with E-state index in [4.69, 9.17) is 0 Å². The van der Waals surface area contributed by atoms with Crippen LogP contribution in [0.25, 0.3) is 0 Å². The SMILES string of the molecule is Cc1cc(C)c(COC(=O)C(F)(F)F)cc1C. The maximum Gasteiger partial charge on any atom is 0.490 e. The smallest absolute Gasteiger partial charge is 0.454 e. The molecular formula is C12H13F3O2.